The van der Waals surface area contributed by atoms with Crippen molar-refractivity contribution in [3.8, 4) is 0 Å². The molecule has 3 rings (SSSR count). The SMILES string of the molecule is Cc1ccc2cccc(C(=O)N3CCCCC3C(=O)O)c2n1. The van der Waals surface area contributed by atoms with Crippen molar-refractivity contribution in [2.24, 2.45) is 0 Å². The molecule has 2 aromatic rings. The van der Waals surface area contributed by atoms with E-state index in [4.69, 9.17) is 0 Å². The number of aliphatic carboxylic acids is 1. The molecular formula is C17H18N2O3. The summed E-state index contributed by atoms with van der Waals surface area (Å²) in [5, 5.41) is 10.2. The van der Waals surface area contributed by atoms with E-state index in [1.165, 1.54) is 4.90 Å². The Kier molecular flexibility index (Phi) is 3.79. The Balaban J connectivity index is 2.04. The summed E-state index contributed by atoms with van der Waals surface area (Å²) in [7, 11) is 0. The topological polar surface area (TPSA) is 70.5 Å². The average molecular weight is 298 g/mol. The van der Waals surface area contributed by atoms with E-state index in [1.54, 1.807) is 6.07 Å². The van der Waals surface area contributed by atoms with E-state index in [2.05, 4.69) is 4.98 Å². The average Bonchev–Trinajstić information content (AvgIpc) is 2.53. The molecule has 0 saturated carbocycles. The van der Waals surface area contributed by atoms with Gasteiger partial charge in [-0.15, -0.1) is 0 Å². The van der Waals surface area contributed by atoms with Crippen LogP contribution in [0.5, 0.6) is 0 Å². The summed E-state index contributed by atoms with van der Waals surface area (Å²) in [6.45, 7) is 2.36. The lowest BCUT2D eigenvalue weighted by atomic mass is 10.00. The summed E-state index contributed by atoms with van der Waals surface area (Å²) in [5.74, 6) is -1.17. The number of para-hydroxylation sites is 1. The second-order valence-corrected chi connectivity index (χ2v) is 5.68. The maximum absolute atomic E-state index is 12.9. The summed E-state index contributed by atoms with van der Waals surface area (Å²) in [4.78, 5) is 30.2. The third kappa shape index (κ3) is 2.54. The number of fused-ring (bicyclic) bond motifs is 1. The van der Waals surface area contributed by atoms with Crippen molar-refractivity contribution < 1.29 is 14.7 Å². The number of aryl methyl sites for hydroxylation is 1. The Morgan fingerprint density at radius 1 is 1.23 bits per heavy atom. The second kappa shape index (κ2) is 5.75. The number of carboxylic acids is 1. The van der Waals surface area contributed by atoms with Gasteiger partial charge in [-0.25, -0.2) is 4.79 Å². The molecule has 114 valence electrons. The van der Waals surface area contributed by atoms with Crippen LogP contribution in [0.15, 0.2) is 30.3 Å². The van der Waals surface area contributed by atoms with Crippen LogP contribution < -0.4 is 0 Å². The zero-order chi connectivity index (χ0) is 15.7. The largest absolute Gasteiger partial charge is 0.480 e. The molecule has 0 bridgehead atoms. The highest BCUT2D eigenvalue weighted by Crippen LogP contribution is 2.24. The molecular weight excluding hydrogens is 280 g/mol. The summed E-state index contributed by atoms with van der Waals surface area (Å²) >= 11 is 0. The number of carbonyl (C=O) groups is 2. The molecule has 1 unspecified atom stereocenters. The first-order chi connectivity index (χ1) is 10.6. The van der Waals surface area contributed by atoms with Crippen LogP contribution in [0, 0.1) is 6.92 Å². The van der Waals surface area contributed by atoms with Crippen molar-refractivity contribution in [3.05, 3.63) is 41.6 Å². The smallest absolute Gasteiger partial charge is 0.326 e. The predicted molar refractivity (Wildman–Crippen MR) is 82.8 cm³/mol. The molecule has 2 heterocycles. The molecule has 1 amide bonds. The van der Waals surface area contributed by atoms with Crippen LogP contribution in [0.4, 0.5) is 0 Å². The number of carboxylic acid groups (broad SMARTS) is 1. The number of piperidine rings is 1. The van der Waals surface area contributed by atoms with Crippen molar-refractivity contribution in [2.45, 2.75) is 32.2 Å². The van der Waals surface area contributed by atoms with E-state index in [0.717, 1.165) is 23.9 Å². The molecule has 1 aromatic heterocycles. The Bertz CT molecular complexity index is 742. The van der Waals surface area contributed by atoms with E-state index >= 15 is 0 Å². The van der Waals surface area contributed by atoms with Crippen LogP contribution in [0.3, 0.4) is 0 Å². The maximum Gasteiger partial charge on any atom is 0.326 e. The number of hydrogen-bond acceptors (Lipinski definition) is 3. The monoisotopic (exact) mass is 298 g/mol. The number of pyridine rings is 1. The van der Waals surface area contributed by atoms with Crippen LogP contribution in [0.1, 0.15) is 35.3 Å². The van der Waals surface area contributed by atoms with Gasteiger partial charge in [0.2, 0.25) is 0 Å². The maximum atomic E-state index is 12.9. The lowest BCUT2D eigenvalue weighted by Crippen LogP contribution is -2.48. The van der Waals surface area contributed by atoms with Crippen molar-refractivity contribution in [3.63, 3.8) is 0 Å². The van der Waals surface area contributed by atoms with Gasteiger partial charge in [-0.2, -0.15) is 0 Å². The molecule has 1 N–H and O–H groups in total. The second-order valence-electron chi connectivity index (χ2n) is 5.68. The fourth-order valence-electron chi connectivity index (χ4n) is 3.00. The first-order valence-electron chi connectivity index (χ1n) is 7.48. The number of nitrogens with zero attached hydrogens (tertiary/aromatic N) is 2. The zero-order valence-corrected chi connectivity index (χ0v) is 12.5. The van der Waals surface area contributed by atoms with Crippen molar-refractivity contribution in [1.82, 2.24) is 9.88 Å². The van der Waals surface area contributed by atoms with Gasteiger partial charge in [0, 0.05) is 17.6 Å². The molecule has 0 aliphatic carbocycles. The summed E-state index contributed by atoms with van der Waals surface area (Å²) in [6, 6.07) is 8.54. The number of rotatable bonds is 2. The Labute approximate surface area is 128 Å². The first kappa shape index (κ1) is 14.5. The van der Waals surface area contributed by atoms with E-state index < -0.39 is 12.0 Å². The van der Waals surface area contributed by atoms with E-state index in [0.29, 0.717) is 24.0 Å². The molecule has 1 aromatic carbocycles. The molecule has 5 heteroatoms. The number of hydrogen-bond donors (Lipinski definition) is 1. The fourth-order valence-corrected chi connectivity index (χ4v) is 3.00. The van der Waals surface area contributed by atoms with Crippen molar-refractivity contribution >= 4 is 22.8 Å². The van der Waals surface area contributed by atoms with Crippen LogP contribution in [-0.4, -0.2) is 39.5 Å². The third-order valence-electron chi connectivity index (χ3n) is 4.14. The predicted octanol–water partition coefficient (Wildman–Crippen LogP) is 2.62. The number of likely N-dealkylation sites (tertiary alicyclic amines) is 1. The van der Waals surface area contributed by atoms with Gasteiger partial charge in [0.15, 0.2) is 0 Å². The highest BCUT2D eigenvalue weighted by Gasteiger charge is 2.33. The van der Waals surface area contributed by atoms with Crippen LogP contribution in [0.25, 0.3) is 10.9 Å². The third-order valence-corrected chi connectivity index (χ3v) is 4.14. The van der Waals surface area contributed by atoms with Crippen molar-refractivity contribution in [1.29, 1.82) is 0 Å². The Hall–Kier alpha value is -2.43. The highest BCUT2D eigenvalue weighted by atomic mass is 16.4. The number of amides is 1. The van der Waals surface area contributed by atoms with Gasteiger partial charge in [-0.3, -0.25) is 9.78 Å². The van der Waals surface area contributed by atoms with Gasteiger partial charge in [0.25, 0.3) is 5.91 Å². The molecule has 0 radical (unpaired) electrons. The number of aromatic nitrogens is 1. The molecule has 1 saturated heterocycles. The van der Waals surface area contributed by atoms with Gasteiger partial charge in [-0.1, -0.05) is 18.2 Å². The van der Waals surface area contributed by atoms with Gasteiger partial charge in [-0.05, 0) is 38.3 Å². The highest BCUT2D eigenvalue weighted by molar-refractivity contribution is 6.06. The van der Waals surface area contributed by atoms with Gasteiger partial charge in [0.1, 0.15) is 6.04 Å². The van der Waals surface area contributed by atoms with Gasteiger partial charge in [0.05, 0.1) is 11.1 Å². The van der Waals surface area contributed by atoms with Crippen molar-refractivity contribution in [2.75, 3.05) is 6.54 Å². The number of benzene rings is 1. The Morgan fingerprint density at radius 2 is 2.05 bits per heavy atom. The zero-order valence-electron chi connectivity index (χ0n) is 12.5. The lowest BCUT2D eigenvalue weighted by molar-refractivity contribution is -0.143. The minimum absolute atomic E-state index is 0.240. The molecule has 1 atom stereocenters. The number of carbonyl (C=O) groups excluding carboxylic acids is 1. The van der Waals surface area contributed by atoms with Crippen LogP contribution in [-0.2, 0) is 4.79 Å². The summed E-state index contributed by atoms with van der Waals surface area (Å²) < 4.78 is 0. The standard InChI is InChI=1S/C17H18N2O3/c1-11-8-9-12-5-4-6-13(15(12)18-11)16(20)19-10-3-2-7-14(19)17(21)22/h4-6,8-9,14H,2-3,7,10H2,1H3,(H,21,22). The van der Waals surface area contributed by atoms with E-state index in [9.17, 15) is 14.7 Å². The molecule has 5 nitrogen and oxygen atoms in total. The summed E-state index contributed by atoms with van der Waals surface area (Å²) in [5.41, 5.74) is 1.96. The minimum Gasteiger partial charge on any atom is -0.480 e. The lowest BCUT2D eigenvalue weighted by Gasteiger charge is -2.33. The Morgan fingerprint density at radius 3 is 2.82 bits per heavy atom. The van der Waals surface area contributed by atoms with Gasteiger partial charge >= 0.3 is 5.97 Å². The molecule has 1 fully saturated rings. The fraction of sp³-hybridized carbons (Fsp3) is 0.353. The quantitative estimate of drug-likeness (QED) is 0.925. The first-order valence-corrected chi connectivity index (χ1v) is 7.48. The normalized spacial score (nSPS) is 18.4. The molecule has 0 spiro atoms. The minimum atomic E-state index is -0.933. The van der Waals surface area contributed by atoms with Crippen LogP contribution >= 0.6 is 0 Å². The van der Waals surface area contributed by atoms with Gasteiger partial charge < -0.3 is 10.0 Å². The summed E-state index contributed by atoms with van der Waals surface area (Å²) in [6.07, 6.45) is 2.19. The molecule has 1 aliphatic rings. The molecule has 22 heavy (non-hydrogen) atoms. The van der Waals surface area contributed by atoms with E-state index in [1.807, 2.05) is 31.2 Å². The van der Waals surface area contributed by atoms with E-state index in [-0.39, 0.29) is 5.91 Å². The molecule has 1 aliphatic heterocycles. The van der Waals surface area contributed by atoms with Crippen LogP contribution in [0.2, 0.25) is 0 Å².